The molecule has 0 saturated carbocycles. The standard InChI is InChI=1S/C7H14N4/c1-10(2)5-4-7-6-11(3)9-8-7/h6H,4-5H2,1-3H3. The predicted molar refractivity (Wildman–Crippen MR) is 43.3 cm³/mol. The van der Waals surface area contributed by atoms with Crippen molar-refractivity contribution in [3.8, 4) is 0 Å². The smallest absolute Gasteiger partial charge is 0.0839 e. The normalized spacial score (nSPS) is 10.9. The Hall–Kier alpha value is -0.900. The third-order valence-electron chi connectivity index (χ3n) is 1.47. The SMILES string of the molecule is CN(C)CCc1cn(C)nn1. The van der Waals surface area contributed by atoms with E-state index >= 15 is 0 Å². The molecule has 11 heavy (non-hydrogen) atoms. The molecule has 1 aromatic heterocycles. The van der Waals surface area contributed by atoms with Gasteiger partial charge in [0.2, 0.25) is 0 Å². The Kier molecular flexibility index (Phi) is 2.59. The third kappa shape index (κ3) is 2.67. The minimum absolute atomic E-state index is 0.973. The molecule has 0 aromatic carbocycles. The maximum Gasteiger partial charge on any atom is 0.0839 e. The van der Waals surface area contributed by atoms with Crippen LogP contribution in [0.1, 0.15) is 5.69 Å². The molecule has 0 bridgehead atoms. The van der Waals surface area contributed by atoms with Crippen LogP contribution < -0.4 is 0 Å². The molecular weight excluding hydrogens is 140 g/mol. The minimum Gasteiger partial charge on any atom is -0.309 e. The number of hydrogen-bond donors (Lipinski definition) is 0. The zero-order chi connectivity index (χ0) is 8.27. The van der Waals surface area contributed by atoms with E-state index in [1.54, 1.807) is 4.68 Å². The maximum atomic E-state index is 3.97. The molecule has 0 radical (unpaired) electrons. The van der Waals surface area contributed by atoms with E-state index in [1.807, 2.05) is 13.2 Å². The lowest BCUT2D eigenvalue weighted by Gasteiger charge is -2.05. The second kappa shape index (κ2) is 3.48. The molecule has 62 valence electrons. The van der Waals surface area contributed by atoms with Crippen molar-refractivity contribution in [2.75, 3.05) is 20.6 Å². The van der Waals surface area contributed by atoms with Gasteiger partial charge in [-0.25, -0.2) is 0 Å². The molecule has 0 atom stereocenters. The summed E-state index contributed by atoms with van der Waals surface area (Å²) in [6, 6.07) is 0. The number of aryl methyl sites for hydroxylation is 1. The summed E-state index contributed by atoms with van der Waals surface area (Å²) in [5, 5.41) is 7.82. The quantitative estimate of drug-likeness (QED) is 0.610. The lowest BCUT2D eigenvalue weighted by atomic mass is 10.3. The second-order valence-electron chi connectivity index (χ2n) is 2.94. The Morgan fingerprint density at radius 2 is 2.27 bits per heavy atom. The summed E-state index contributed by atoms with van der Waals surface area (Å²) in [7, 11) is 5.99. The third-order valence-corrected chi connectivity index (χ3v) is 1.47. The highest BCUT2D eigenvalue weighted by Gasteiger charge is 1.97. The van der Waals surface area contributed by atoms with Gasteiger partial charge in [0.15, 0.2) is 0 Å². The molecule has 0 saturated heterocycles. The van der Waals surface area contributed by atoms with Crippen molar-refractivity contribution in [2.24, 2.45) is 7.05 Å². The van der Waals surface area contributed by atoms with E-state index in [4.69, 9.17) is 0 Å². The lowest BCUT2D eigenvalue weighted by Crippen LogP contribution is -2.15. The van der Waals surface area contributed by atoms with Crippen molar-refractivity contribution in [1.29, 1.82) is 0 Å². The van der Waals surface area contributed by atoms with E-state index in [2.05, 4.69) is 29.3 Å². The summed E-state index contributed by atoms with van der Waals surface area (Å²) in [5.41, 5.74) is 1.06. The zero-order valence-electron chi connectivity index (χ0n) is 7.28. The first-order valence-corrected chi connectivity index (χ1v) is 3.68. The molecule has 0 aliphatic carbocycles. The molecule has 0 fully saturated rings. The lowest BCUT2D eigenvalue weighted by molar-refractivity contribution is 0.411. The molecule has 0 aliphatic heterocycles. The second-order valence-corrected chi connectivity index (χ2v) is 2.94. The van der Waals surface area contributed by atoms with Crippen molar-refractivity contribution in [3.05, 3.63) is 11.9 Å². The van der Waals surface area contributed by atoms with Gasteiger partial charge < -0.3 is 4.90 Å². The van der Waals surface area contributed by atoms with E-state index in [1.165, 1.54) is 0 Å². The molecule has 1 rings (SSSR count). The van der Waals surface area contributed by atoms with E-state index in [-0.39, 0.29) is 0 Å². The van der Waals surface area contributed by atoms with Gasteiger partial charge in [0.1, 0.15) is 0 Å². The summed E-state index contributed by atoms with van der Waals surface area (Å²) < 4.78 is 1.73. The molecule has 4 heteroatoms. The summed E-state index contributed by atoms with van der Waals surface area (Å²) >= 11 is 0. The van der Waals surface area contributed by atoms with Crippen molar-refractivity contribution in [3.63, 3.8) is 0 Å². The molecule has 0 N–H and O–H groups in total. The first-order chi connectivity index (χ1) is 5.18. The van der Waals surface area contributed by atoms with E-state index in [0.29, 0.717) is 0 Å². The molecule has 0 aliphatic rings. The van der Waals surface area contributed by atoms with Crippen LogP contribution in [-0.4, -0.2) is 40.5 Å². The van der Waals surface area contributed by atoms with E-state index in [0.717, 1.165) is 18.7 Å². The fourth-order valence-electron chi connectivity index (χ4n) is 0.848. The van der Waals surface area contributed by atoms with Crippen LogP contribution >= 0.6 is 0 Å². The number of rotatable bonds is 3. The van der Waals surface area contributed by atoms with Crippen LogP contribution in [0, 0.1) is 0 Å². The van der Waals surface area contributed by atoms with Gasteiger partial charge in [-0.15, -0.1) is 5.10 Å². The minimum atomic E-state index is 0.973. The topological polar surface area (TPSA) is 34.0 Å². The van der Waals surface area contributed by atoms with Gasteiger partial charge in [0.05, 0.1) is 5.69 Å². The van der Waals surface area contributed by atoms with Crippen LogP contribution in [0.2, 0.25) is 0 Å². The fourth-order valence-corrected chi connectivity index (χ4v) is 0.848. The Balaban J connectivity index is 2.39. The summed E-state index contributed by atoms with van der Waals surface area (Å²) in [6.07, 6.45) is 2.92. The highest BCUT2D eigenvalue weighted by Crippen LogP contribution is 1.92. The molecule has 1 aromatic rings. The Morgan fingerprint density at radius 3 is 2.73 bits per heavy atom. The summed E-state index contributed by atoms with van der Waals surface area (Å²) in [4.78, 5) is 2.13. The van der Waals surface area contributed by atoms with Crippen LogP contribution in [0.4, 0.5) is 0 Å². The molecule has 0 spiro atoms. The Labute approximate surface area is 66.8 Å². The monoisotopic (exact) mass is 154 g/mol. The summed E-state index contributed by atoms with van der Waals surface area (Å²) in [5.74, 6) is 0. The van der Waals surface area contributed by atoms with E-state index < -0.39 is 0 Å². The maximum absolute atomic E-state index is 3.97. The van der Waals surface area contributed by atoms with Gasteiger partial charge in [-0.05, 0) is 14.1 Å². The first kappa shape index (κ1) is 8.20. The Morgan fingerprint density at radius 1 is 1.55 bits per heavy atom. The largest absolute Gasteiger partial charge is 0.309 e. The number of nitrogens with zero attached hydrogens (tertiary/aromatic N) is 4. The van der Waals surface area contributed by atoms with Crippen molar-refractivity contribution < 1.29 is 0 Å². The molecule has 4 nitrogen and oxygen atoms in total. The van der Waals surface area contributed by atoms with Crippen LogP contribution in [-0.2, 0) is 13.5 Å². The zero-order valence-corrected chi connectivity index (χ0v) is 7.28. The first-order valence-electron chi connectivity index (χ1n) is 3.68. The highest BCUT2D eigenvalue weighted by atomic mass is 15.4. The molecular formula is C7H14N4. The average molecular weight is 154 g/mol. The predicted octanol–water partition coefficient (Wildman–Crippen LogP) is -0.0808. The van der Waals surface area contributed by atoms with Gasteiger partial charge in [0, 0.05) is 26.2 Å². The molecule has 0 unspecified atom stereocenters. The van der Waals surface area contributed by atoms with Crippen LogP contribution in [0.3, 0.4) is 0 Å². The van der Waals surface area contributed by atoms with Crippen LogP contribution in [0.5, 0.6) is 0 Å². The van der Waals surface area contributed by atoms with Gasteiger partial charge >= 0.3 is 0 Å². The molecule has 1 heterocycles. The van der Waals surface area contributed by atoms with Crippen molar-refractivity contribution >= 4 is 0 Å². The van der Waals surface area contributed by atoms with Crippen LogP contribution in [0.25, 0.3) is 0 Å². The fraction of sp³-hybridized carbons (Fsp3) is 0.714. The van der Waals surface area contributed by atoms with Crippen molar-refractivity contribution in [1.82, 2.24) is 19.9 Å². The van der Waals surface area contributed by atoms with E-state index in [9.17, 15) is 0 Å². The molecule has 0 amide bonds. The highest BCUT2D eigenvalue weighted by molar-refractivity contribution is 4.92. The number of likely N-dealkylation sites (N-methyl/N-ethyl adjacent to an activating group) is 1. The van der Waals surface area contributed by atoms with Gasteiger partial charge in [-0.3, -0.25) is 4.68 Å². The number of aromatic nitrogens is 3. The number of hydrogen-bond acceptors (Lipinski definition) is 3. The van der Waals surface area contributed by atoms with Crippen molar-refractivity contribution in [2.45, 2.75) is 6.42 Å². The van der Waals surface area contributed by atoms with Gasteiger partial charge in [-0.1, -0.05) is 5.21 Å². The summed E-state index contributed by atoms with van der Waals surface area (Å²) in [6.45, 7) is 1.03. The van der Waals surface area contributed by atoms with Gasteiger partial charge in [-0.2, -0.15) is 0 Å². The average Bonchev–Trinajstić information content (AvgIpc) is 2.31. The van der Waals surface area contributed by atoms with Crippen LogP contribution in [0.15, 0.2) is 6.20 Å². The van der Waals surface area contributed by atoms with Gasteiger partial charge in [0.25, 0.3) is 0 Å². The Bertz CT molecular complexity index is 216.